The van der Waals surface area contributed by atoms with Crippen molar-refractivity contribution in [2.75, 3.05) is 44.2 Å². The van der Waals surface area contributed by atoms with Gasteiger partial charge < -0.3 is 10.2 Å². The van der Waals surface area contributed by atoms with E-state index in [1.54, 1.807) is 22.3 Å². The van der Waals surface area contributed by atoms with Crippen molar-refractivity contribution >= 4 is 17.6 Å². The van der Waals surface area contributed by atoms with E-state index in [1.165, 1.54) is 12.1 Å². The zero-order valence-electron chi connectivity index (χ0n) is 13.3. The summed E-state index contributed by atoms with van der Waals surface area (Å²) < 4.78 is 48.8. The average molecular weight is 362 g/mol. The summed E-state index contributed by atoms with van der Waals surface area (Å²) in [6.07, 6.45) is -4.53. The van der Waals surface area contributed by atoms with Crippen molar-refractivity contribution in [3.8, 4) is 0 Å². The topological polar surface area (TPSA) is 64.7 Å². The summed E-state index contributed by atoms with van der Waals surface area (Å²) >= 11 is 0. The quantitative estimate of drug-likeness (QED) is 0.794. The molecule has 0 aliphatic carbocycles. The fourth-order valence-corrected chi connectivity index (χ4v) is 2.41. The highest BCUT2D eigenvalue weighted by molar-refractivity contribution is 5.95. The third-order valence-corrected chi connectivity index (χ3v) is 3.63. The van der Waals surface area contributed by atoms with Crippen molar-refractivity contribution < 1.29 is 27.2 Å². The summed E-state index contributed by atoms with van der Waals surface area (Å²) in [5.41, 5.74) is 0.872. The van der Waals surface area contributed by atoms with Gasteiger partial charge in [0.15, 0.2) is 0 Å². The Morgan fingerprint density at radius 1 is 1.04 bits per heavy atom. The van der Waals surface area contributed by atoms with Gasteiger partial charge in [0.1, 0.15) is 12.4 Å². The molecule has 0 aromatic heterocycles. The van der Waals surface area contributed by atoms with Crippen LogP contribution in [0.3, 0.4) is 0 Å². The number of carbonyl (C=O) groups is 2. The zero-order chi connectivity index (χ0) is 18.4. The minimum atomic E-state index is -4.53. The maximum atomic E-state index is 12.9. The molecular weight excluding hydrogens is 344 g/mol. The van der Waals surface area contributed by atoms with E-state index in [4.69, 9.17) is 0 Å². The van der Waals surface area contributed by atoms with E-state index in [-0.39, 0.29) is 12.4 Å². The predicted octanol–water partition coefficient (Wildman–Crippen LogP) is 1.34. The SMILES string of the molecule is O=C(CN1CCN(c2ccc(F)cc2)CC1)NC(=O)NCC(F)(F)F. The second-order valence-corrected chi connectivity index (χ2v) is 5.59. The maximum absolute atomic E-state index is 12.9. The number of halogens is 4. The predicted molar refractivity (Wildman–Crippen MR) is 82.6 cm³/mol. The first-order valence-electron chi connectivity index (χ1n) is 7.60. The van der Waals surface area contributed by atoms with E-state index in [2.05, 4.69) is 0 Å². The lowest BCUT2D eigenvalue weighted by molar-refractivity contribution is -0.125. The molecule has 1 heterocycles. The number of rotatable bonds is 4. The number of hydrogen-bond acceptors (Lipinski definition) is 4. The summed E-state index contributed by atoms with van der Waals surface area (Å²) in [4.78, 5) is 26.7. The summed E-state index contributed by atoms with van der Waals surface area (Å²) in [5.74, 6) is -0.988. The number of piperazine rings is 1. The van der Waals surface area contributed by atoms with Crippen LogP contribution in [0.4, 0.5) is 28.0 Å². The Morgan fingerprint density at radius 2 is 1.64 bits per heavy atom. The smallest absolute Gasteiger partial charge is 0.369 e. The molecular formula is C15H18F4N4O2. The van der Waals surface area contributed by atoms with Gasteiger partial charge in [0.05, 0.1) is 6.54 Å². The fraction of sp³-hybridized carbons (Fsp3) is 0.467. The molecule has 2 rings (SSSR count). The number of alkyl halides is 3. The van der Waals surface area contributed by atoms with Crippen LogP contribution in [-0.4, -0.2) is 62.3 Å². The molecule has 25 heavy (non-hydrogen) atoms. The van der Waals surface area contributed by atoms with Gasteiger partial charge in [-0.15, -0.1) is 0 Å². The van der Waals surface area contributed by atoms with Gasteiger partial charge >= 0.3 is 12.2 Å². The standard InChI is InChI=1S/C15H18F4N4O2/c16-11-1-3-12(4-2-11)23-7-5-22(6-8-23)9-13(24)21-14(25)20-10-15(17,18)19/h1-4H,5-10H2,(H2,20,21,24,25). The van der Waals surface area contributed by atoms with Crippen molar-refractivity contribution in [2.45, 2.75) is 6.18 Å². The summed E-state index contributed by atoms with van der Waals surface area (Å²) in [7, 11) is 0. The summed E-state index contributed by atoms with van der Waals surface area (Å²) in [6.45, 7) is 0.710. The molecule has 0 saturated carbocycles. The number of nitrogens with zero attached hydrogens (tertiary/aromatic N) is 2. The van der Waals surface area contributed by atoms with Gasteiger partial charge in [-0.25, -0.2) is 9.18 Å². The van der Waals surface area contributed by atoms with Gasteiger partial charge in [0, 0.05) is 31.9 Å². The van der Waals surface area contributed by atoms with E-state index < -0.39 is 24.7 Å². The molecule has 1 aromatic carbocycles. The number of amides is 3. The molecule has 1 saturated heterocycles. The Labute approximate surface area is 141 Å². The first-order chi connectivity index (χ1) is 11.7. The zero-order valence-corrected chi connectivity index (χ0v) is 13.3. The van der Waals surface area contributed by atoms with Gasteiger partial charge in [-0.2, -0.15) is 13.2 Å². The van der Waals surface area contributed by atoms with E-state index in [1.807, 2.05) is 10.2 Å². The number of hydrogen-bond donors (Lipinski definition) is 2. The van der Waals surface area contributed by atoms with E-state index >= 15 is 0 Å². The van der Waals surface area contributed by atoms with Gasteiger partial charge in [0.25, 0.3) is 0 Å². The normalized spacial score (nSPS) is 15.8. The molecule has 0 radical (unpaired) electrons. The Hall–Kier alpha value is -2.36. The molecule has 1 aromatic rings. The molecule has 0 atom stereocenters. The van der Waals surface area contributed by atoms with Gasteiger partial charge in [-0.1, -0.05) is 0 Å². The number of anilines is 1. The monoisotopic (exact) mass is 362 g/mol. The van der Waals surface area contributed by atoms with Gasteiger partial charge in [-0.3, -0.25) is 15.0 Å². The maximum Gasteiger partial charge on any atom is 0.405 e. The highest BCUT2D eigenvalue weighted by Gasteiger charge is 2.28. The lowest BCUT2D eigenvalue weighted by atomic mass is 10.2. The minimum absolute atomic E-state index is 0.0866. The largest absolute Gasteiger partial charge is 0.405 e. The average Bonchev–Trinajstić information content (AvgIpc) is 2.54. The Kier molecular flexibility index (Phi) is 6.18. The lowest BCUT2D eigenvalue weighted by Gasteiger charge is -2.35. The highest BCUT2D eigenvalue weighted by Crippen LogP contribution is 2.16. The fourth-order valence-electron chi connectivity index (χ4n) is 2.41. The third-order valence-electron chi connectivity index (χ3n) is 3.63. The number of carbonyl (C=O) groups excluding carboxylic acids is 2. The molecule has 3 amide bonds. The number of benzene rings is 1. The number of nitrogens with one attached hydrogen (secondary N) is 2. The minimum Gasteiger partial charge on any atom is -0.369 e. The molecule has 0 unspecified atom stereocenters. The Bertz CT molecular complexity index is 599. The molecule has 0 spiro atoms. The van der Waals surface area contributed by atoms with Crippen LogP contribution in [0.1, 0.15) is 0 Å². The molecule has 1 aliphatic rings. The van der Waals surface area contributed by atoms with E-state index in [0.29, 0.717) is 26.2 Å². The Balaban J connectivity index is 1.71. The number of imide groups is 1. The van der Waals surface area contributed by atoms with E-state index in [9.17, 15) is 27.2 Å². The first-order valence-corrected chi connectivity index (χ1v) is 7.60. The van der Waals surface area contributed by atoms with E-state index in [0.717, 1.165) is 5.69 Å². The van der Waals surface area contributed by atoms with Crippen molar-refractivity contribution in [3.63, 3.8) is 0 Å². The molecule has 138 valence electrons. The van der Waals surface area contributed by atoms with Crippen molar-refractivity contribution in [3.05, 3.63) is 30.1 Å². The summed E-state index contributed by atoms with van der Waals surface area (Å²) in [5, 5.41) is 3.43. The molecule has 1 fully saturated rings. The van der Waals surface area contributed by atoms with Crippen LogP contribution < -0.4 is 15.5 Å². The second-order valence-electron chi connectivity index (χ2n) is 5.59. The first kappa shape index (κ1) is 19.0. The Morgan fingerprint density at radius 3 is 2.20 bits per heavy atom. The van der Waals surface area contributed by atoms with Crippen molar-refractivity contribution in [2.24, 2.45) is 0 Å². The molecule has 1 aliphatic heterocycles. The van der Waals surface area contributed by atoms with Gasteiger partial charge in [-0.05, 0) is 24.3 Å². The molecule has 6 nitrogen and oxygen atoms in total. The lowest BCUT2D eigenvalue weighted by Crippen LogP contribution is -2.51. The molecule has 0 bridgehead atoms. The number of urea groups is 1. The van der Waals surface area contributed by atoms with Crippen LogP contribution in [0.25, 0.3) is 0 Å². The molecule has 2 N–H and O–H groups in total. The highest BCUT2D eigenvalue weighted by atomic mass is 19.4. The molecule has 10 heteroatoms. The van der Waals surface area contributed by atoms with Crippen LogP contribution in [0.2, 0.25) is 0 Å². The van der Waals surface area contributed by atoms with Crippen molar-refractivity contribution in [1.82, 2.24) is 15.5 Å². The van der Waals surface area contributed by atoms with Crippen LogP contribution in [0.5, 0.6) is 0 Å². The summed E-state index contributed by atoms with van der Waals surface area (Å²) in [6, 6.07) is 4.90. The van der Waals surface area contributed by atoms with Crippen LogP contribution in [0, 0.1) is 5.82 Å². The van der Waals surface area contributed by atoms with Crippen LogP contribution in [-0.2, 0) is 4.79 Å². The second kappa shape index (κ2) is 8.15. The third kappa shape index (κ3) is 6.57. The van der Waals surface area contributed by atoms with Crippen LogP contribution in [0.15, 0.2) is 24.3 Å². The van der Waals surface area contributed by atoms with Gasteiger partial charge in [0.2, 0.25) is 5.91 Å². The van der Waals surface area contributed by atoms with Crippen molar-refractivity contribution in [1.29, 1.82) is 0 Å². The van der Waals surface area contributed by atoms with Crippen LogP contribution >= 0.6 is 0 Å².